The van der Waals surface area contributed by atoms with E-state index in [1.54, 1.807) is 0 Å². The number of nitrogens with zero attached hydrogens (tertiary/aromatic N) is 1. The van der Waals surface area contributed by atoms with Crippen LogP contribution in [0.1, 0.15) is 33.1 Å². The lowest BCUT2D eigenvalue weighted by atomic mass is 10.0. The van der Waals surface area contributed by atoms with Crippen LogP contribution in [0.2, 0.25) is 5.02 Å². The molecule has 0 aromatic heterocycles. The Labute approximate surface area is 115 Å². The molecule has 2 atom stereocenters. The number of rotatable bonds is 4. The fourth-order valence-electron chi connectivity index (χ4n) is 2.72. The third-order valence-electron chi connectivity index (χ3n) is 3.77. The van der Waals surface area contributed by atoms with E-state index in [0.29, 0.717) is 12.1 Å². The minimum Gasteiger partial charge on any atom is -0.366 e. The smallest absolute Gasteiger partial charge is 0.0412 e. The van der Waals surface area contributed by atoms with Crippen LogP contribution in [-0.2, 0) is 0 Å². The molecule has 0 aliphatic carbocycles. The summed E-state index contributed by atoms with van der Waals surface area (Å²) < 4.78 is 0. The standard InChI is InChI=1S/C15H23ClN2/c1-3-5-13-11-18(14(4-2)10-17-13)15-8-6-12(16)7-9-15/h6-9,13-14,17H,3-5,10-11H2,1-2H3. The Morgan fingerprint density at radius 3 is 2.61 bits per heavy atom. The maximum Gasteiger partial charge on any atom is 0.0412 e. The minimum absolute atomic E-state index is 0.597. The van der Waals surface area contributed by atoms with E-state index in [9.17, 15) is 0 Å². The molecule has 2 rings (SSSR count). The highest BCUT2D eigenvalue weighted by molar-refractivity contribution is 6.30. The largest absolute Gasteiger partial charge is 0.366 e. The molecule has 0 amide bonds. The molecule has 1 N–H and O–H groups in total. The van der Waals surface area contributed by atoms with Crippen LogP contribution in [0.5, 0.6) is 0 Å². The van der Waals surface area contributed by atoms with Crippen molar-refractivity contribution >= 4 is 17.3 Å². The molecule has 1 fully saturated rings. The van der Waals surface area contributed by atoms with Gasteiger partial charge in [0.05, 0.1) is 0 Å². The summed E-state index contributed by atoms with van der Waals surface area (Å²) in [7, 11) is 0. The Kier molecular flexibility index (Phi) is 4.90. The maximum absolute atomic E-state index is 5.97. The molecule has 100 valence electrons. The zero-order valence-corrected chi connectivity index (χ0v) is 12.1. The summed E-state index contributed by atoms with van der Waals surface area (Å²) in [6.45, 7) is 6.70. The predicted octanol–water partition coefficient (Wildman–Crippen LogP) is 3.70. The molecule has 3 heteroatoms. The average Bonchev–Trinajstić information content (AvgIpc) is 2.40. The summed E-state index contributed by atoms with van der Waals surface area (Å²) in [5, 5.41) is 4.48. The number of anilines is 1. The van der Waals surface area contributed by atoms with Crippen molar-refractivity contribution in [3.8, 4) is 0 Å². The van der Waals surface area contributed by atoms with Gasteiger partial charge in [0, 0.05) is 35.9 Å². The Hall–Kier alpha value is -0.730. The van der Waals surface area contributed by atoms with E-state index >= 15 is 0 Å². The number of hydrogen-bond acceptors (Lipinski definition) is 2. The van der Waals surface area contributed by atoms with Crippen molar-refractivity contribution in [2.45, 2.75) is 45.2 Å². The molecule has 1 aliphatic rings. The fraction of sp³-hybridized carbons (Fsp3) is 0.600. The van der Waals surface area contributed by atoms with Gasteiger partial charge in [-0.05, 0) is 37.1 Å². The molecule has 18 heavy (non-hydrogen) atoms. The number of benzene rings is 1. The summed E-state index contributed by atoms with van der Waals surface area (Å²) in [6.07, 6.45) is 3.66. The maximum atomic E-state index is 5.97. The van der Waals surface area contributed by atoms with Crippen LogP contribution in [0, 0.1) is 0 Å². The molecule has 1 aliphatic heterocycles. The Morgan fingerprint density at radius 1 is 1.28 bits per heavy atom. The highest BCUT2D eigenvalue weighted by Gasteiger charge is 2.26. The molecule has 0 spiro atoms. The van der Waals surface area contributed by atoms with Crippen LogP contribution >= 0.6 is 11.6 Å². The SMILES string of the molecule is CCCC1CN(c2ccc(Cl)cc2)C(CC)CN1. The van der Waals surface area contributed by atoms with Crippen molar-refractivity contribution in [2.24, 2.45) is 0 Å². The van der Waals surface area contributed by atoms with Crippen LogP contribution in [0.25, 0.3) is 0 Å². The average molecular weight is 267 g/mol. The van der Waals surface area contributed by atoms with Crippen molar-refractivity contribution in [3.05, 3.63) is 29.3 Å². The van der Waals surface area contributed by atoms with Gasteiger partial charge >= 0.3 is 0 Å². The summed E-state index contributed by atoms with van der Waals surface area (Å²) in [5.41, 5.74) is 1.30. The highest BCUT2D eigenvalue weighted by Crippen LogP contribution is 2.24. The van der Waals surface area contributed by atoms with Crippen molar-refractivity contribution < 1.29 is 0 Å². The van der Waals surface area contributed by atoms with Gasteiger partial charge in [0.1, 0.15) is 0 Å². The molecular formula is C15H23ClN2. The van der Waals surface area contributed by atoms with E-state index < -0.39 is 0 Å². The zero-order valence-electron chi connectivity index (χ0n) is 11.3. The molecule has 0 bridgehead atoms. The Balaban J connectivity index is 2.12. The first kappa shape index (κ1) is 13.7. The second-order valence-corrected chi connectivity index (χ2v) is 5.52. The van der Waals surface area contributed by atoms with Gasteiger partial charge in [-0.3, -0.25) is 0 Å². The first-order valence-electron chi connectivity index (χ1n) is 7.00. The first-order valence-corrected chi connectivity index (χ1v) is 7.38. The van der Waals surface area contributed by atoms with E-state index in [4.69, 9.17) is 11.6 Å². The molecule has 0 radical (unpaired) electrons. The summed E-state index contributed by atoms with van der Waals surface area (Å²) in [4.78, 5) is 2.53. The van der Waals surface area contributed by atoms with Crippen LogP contribution in [-0.4, -0.2) is 25.2 Å². The molecule has 2 unspecified atom stereocenters. The normalized spacial score (nSPS) is 24.3. The van der Waals surface area contributed by atoms with Gasteiger partial charge < -0.3 is 10.2 Å². The van der Waals surface area contributed by atoms with E-state index in [-0.39, 0.29) is 0 Å². The molecule has 1 aromatic rings. The van der Waals surface area contributed by atoms with E-state index in [0.717, 1.165) is 18.1 Å². The quantitative estimate of drug-likeness (QED) is 0.894. The first-order chi connectivity index (χ1) is 8.74. The van der Waals surface area contributed by atoms with Gasteiger partial charge in [0.25, 0.3) is 0 Å². The number of hydrogen-bond donors (Lipinski definition) is 1. The molecular weight excluding hydrogens is 244 g/mol. The molecule has 0 saturated carbocycles. The van der Waals surface area contributed by atoms with E-state index in [2.05, 4.69) is 36.2 Å². The topological polar surface area (TPSA) is 15.3 Å². The minimum atomic E-state index is 0.597. The van der Waals surface area contributed by atoms with Crippen LogP contribution in [0.15, 0.2) is 24.3 Å². The van der Waals surface area contributed by atoms with Crippen LogP contribution in [0.3, 0.4) is 0 Å². The van der Waals surface area contributed by atoms with Gasteiger partial charge in [-0.1, -0.05) is 31.9 Å². The Bertz CT molecular complexity index is 363. The number of halogens is 1. The Morgan fingerprint density at radius 2 is 2.00 bits per heavy atom. The second-order valence-electron chi connectivity index (χ2n) is 5.08. The lowest BCUT2D eigenvalue weighted by Gasteiger charge is -2.41. The molecule has 1 heterocycles. The highest BCUT2D eigenvalue weighted by atomic mass is 35.5. The van der Waals surface area contributed by atoms with E-state index in [1.165, 1.54) is 24.9 Å². The molecule has 2 nitrogen and oxygen atoms in total. The van der Waals surface area contributed by atoms with Crippen LogP contribution < -0.4 is 10.2 Å². The van der Waals surface area contributed by atoms with Gasteiger partial charge in [0.2, 0.25) is 0 Å². The van der Waals surface area contributed by atoms with Crippen LogP contribution in [0.4, 0.5) is 5.69 Å². The van der Waals surface area contributed by atoms with Gasteiger partial charge in [-0.25, -0.2) is 0 Å². The van der Waals surface area contributed by atoms with Gasteiger partial charge in [0.15, 0.2) is 0 Å². The fourth-order valence-corrected chi connectivity index (χ4v) is 2.85. The van der Waals surface area contributed by atoms with Gasteiger partial charge in [-0.2, -0.15) is 0 Å². The monoisotopic (exact) mass is 266 g/mol. The lowest BCUT2D eigenvalue weighted by Crippen LogP contribution is -2.56. The second kappa shape index (κ2) is 6.44. The third-order valence-corrected chi connectivity index (χ3v) is 4.02. The molecule has 1 saturated heterocycles. The summed E-state index contributed by atoms with van der Waals surface area (Å²) in [6, 6.07) is 9.47. The van der Waals surface area contributed by atoms with Crippen molar-refractivity contribution in [1.82, 2.24) is 5.32 Å². The van der Waals surface area contributed by atoms with Crippen molar-refractivity contribution in [1.29, 1.82) is 0 Å². The van der Waals surface area contributed by atoms with Crippen molar-refractivity contribution in [2.75, 3.05) is 18.0 Å². The summed E-state index contributed by atoms with van der Waals surface area (Å²) >= 11 is 5.97. The predicted molar refractivity (Wildman–Crippen MR) is 79.6 cm³/mol. The molecule has 1 aromatic carbocycles. The third kappa shape index (κ3) is 3.18. The van der Waals surface area contributed by atoms with Gasteiger partial charge in [-0.15, -0.1) is 0 Å². The van der Waals surface area contributed by atoms with E-state index in [1.807, 2.05) is 12.1 Å². The zero-order chi connectivity index (χ0) is 13.0. The number of nitrogens with one attached hydrogen (secondary N) is 1. The van der Waals surface area contributed by atoms with Crippen molar-refractivity contribution in [3.63, 3.8) is 0 Å². The summed E-state index contributed by atoms with van der Waals surface area (Å²) in [5.74, 6) is 0. The number of piperazine rings is 1. The lowest BCUT2D eigenvalue weighted by molar-refractivity contribution is 0.369.